The third-order valence-electron chi connectivity index (χ3n) is 19.6. The van der Waals surface area contributed by atoms with Crippen molar-refractivity contribution in [2.24, 2.45) is 11.8 Å². The Hall–Kier alpha value is -1.94. The van der Waals surface area contributed by atoms with Gasteiger partial charge in [-0.25, -0.2) is 9.13 Å². The third kappa shape index (κ3) is 74.7. The van der Waals surface area contributed by atoms with Crippen molar-refractivity contribution >= 4 is 39.5 Å². The van der Waals surface area contributed by atoms with E-state index in [2.05, 4.69) is 41.5 Å². The van der Waals surface area contributed by atoms with Crippen molar-refractivity contribution < 1.29 is 80.2 Å². The van der Waals surface area contributed by atoms with E-state index in [-0.39, 0.29) is 25.7 Å². The molecule has 0 aromatic rings. The van der Waals surface area contributed by atoms with Gasteiger partial charge in [-0.1, -0.05) is 382 Å². The summed E-state index contributed by atoms with van der Waals surface area (Å²) in [5.41, 5.74) is 0. The minimum absolute atomic E-state index is 0.105. The van der Waals surface area contributed by atoms with Crippen molar-refractivity contribution in [2.45, 2.75) is 452 Å². The number of hydrogen-bond acceptors (Lipinski definition) is 15. The summed E-state index contributed by atoms with van der Waals surface area (Å²) in [5.74, 6) is -0.522. The Morgan fingerprint density at radius 2 is 0.505 bits per heavy atom. The molecule has 0 aliphatic heterocycles. The van der Waals surface area contributed by atoms with Crippen molar-refractivity contribution in [2.75, 3.05) is 39.6 Å². The second-order valence-corrected chi connectivity index (χ2v) is 33.1. The number of ether oxygens (including phenoxy) is 4. The summed E-state index contributed by atoms with van der Waals surface area (Å²) in [5, 5.41) is 10.6. The average Bonchev–Trinajstić information content (AvgIpc) is 1.04. The second-order valence-electron chi connectivity index (χ2n) is 30.2. The number of rotatable bonds is 81. The molecule has 600 valence electrons. The van der Waals surface area contributed by atoms with Crippen LogP contribution < -0.4 is 0 Å². The van der Waals surface area contributed by atoms with Crippen LogP contribution in [0.5, 0.6) is 0 Å². The van der Waals surface area contributed by atoms with Crippen LogP contribution in [0.3, 0.4) is 0 Å². The van der Waals surface area contributed by atoms with Crippen LogP contribution >= 0.6 is 15.6 Å². The van der Waals surface area contributed by atoms with Gasteiger partial charge in [-0.05, 0) is 37.5 Å². The van der Waals surface area contributed by atoms with Crippen LogP contribution in [0, 0.1) is 11.8 Å². The van der Waals surface area contributed by atoms with Gasteiger partial charge in [-0.3, -0.25) is 37.3 Å². The first-order valence-corrected chi connectivity index (χ1v) is 45.5. The summed E-state index contributed by atoms with van der Waals surface area (Å²) in [6.07, 6.45) is 64.0. The van der Waals surface area contributed by atoms with Crippen molar-refractivity contribution in [3.8, 4) is 0 Å². The number of carbonyl (C=O) groups is 4. The van der Waals surface area contributed by atoms with Gasteiger partial charge in [-0.15, -0.1) is 0 Å². The topological polar surface area (TPSA) is 237 Å². The van der Waals surface area contributed by atoms with Gasteiger partial charge in [0.05, 0.1) is 26.4 Å². The van der Waals surface area contributed by atoms with Crippen LogP contribution in [0.1, 0.15) is 433 Å². The lowest BCUT2D eigenvalue weighted by atomic mass is 9.99. The van der Waals surface area contributed by atoms with Crippen molar-refractivity contribution in [3.63, 3.8) is 0 Å². The van der Waals surface area contributed by atoms with Crippen molar-refractivity contribution in [1.29, 1.82) is 0 Å². The number of unbranched alkanes of at least 4 members (excludes halogenated alkanes) is 50. The summed E-state index contributed by atoms with van der Waals surface area (Å²) in [6.45, 7) is 9.64. The van der Waals surface area contributed by atoms with E-state index in [4.69, 9.17) is 37.0 Å². The first-order valence-electron chi connectivity index (χ1n) is 42.5. The molecule has 0 saturated carbocycles. The van der Waals surface area contributed by atoms with E-state index < -0.39 is 97.5 Å². The highest BCUT2D eigenvalue weighted by Gasteiger charge is 2.30. The third-order valence-corrected chi connectivity index (χ3v) is 21.5. The van der Waals surface area contributed by atoms with Gasteiger partial charge >= 0.3 is 39.5 Å². The lowest BCUT2D eigenvalue weighted by Crippen LogP contribution is -2.30. The molecule has 3 N–H and O–H groups in total. The van der Waals surface area contributed by atoms with E-state index in [1.807, 2.05) is 0 Å². The summed E-state index contributed by atoms with van der Waals surface area (Å²) in [7, 11) is -9.92. The van der Waals surface area contributed by atoms with Gasteiger partial charge < -0.3 is 33.8 Å². The average molecular weight is 1480 g/mol. The monoisotopic (exact) mass is 1480 g/mol. The largest absolute Gasteiger partial charge is 0.472 e. The molecule has 6 atom stereocenters. The Morgan fingerprint density at radius 1 is 0.287 bits per heavy atom. The number of carbonyl (C=O) groups excluding carboxylic acids is 4. The number of hydrogen-bond donors (Lipinski definition) is 3. The van der Waals surface area contributed by atoms with Crippen LogP contribution in [-0.2, 0) is 65.4 Å². The molecule has 0 aliphatic rings. The van der Waals surface area contributed by atoms with Crippen LogP contribution in [0.4, 0.5) is 0 Å². The Bertz CT molecular complexity index is 1940. The molecular formula is C82H160O17P2. The fourth-order valence-corrected chi connectivity index (χ4v) is 14.3. The fraction of sp³-hybridized carbons (Fsp3) is 0.951. The molecule has 0 fully saturated rings. The van der Waals surface area contributed by atoms with Crippen LogP contribution in [-0.4, -0.2) is 96.7 Å². The maximum Gasteiger partial charge on any atom is 0.472 e. The van der Waals surface area contributed by atoms with Crippen molar-refractivity contribution in [3.05, 3.63) is 0 Å². The Kier molecular flexibility index (Phi) is 72.2. The Morgan fingerprint density at radius 3 is 0.752 bits per heavy atom. The Balaban J connectivity index is 5.18. The van der Waals surface area contributed by atoms with E-state index >= 15 is 0 Å². The zero-order chi connectivity index (χ0) is 74.2. The highest BCUT2D eigenvalue weighted by Crippen LogP contribution is 2.45. The van der Waals surface area contributed by atoms with Crippen molar-refractivity contribution in [1.82, 2.24) is 0 Å². The van der Waals surface area contributed by atoms with Gasteiger partial charge in [0.25, 0.3) is 0 Å². The van der Waals surface area contributed by atoms with Crippen LogP contribution in [0.25, 0.3) is 0 Å². The van der Waals surface area contributed by atoms with Gasteiger partial charge in [0.1, 0.15) is 19.3 Å². The smallest absolute Gasteiger partial charge is 0.462 e. The van der Waals surface area contributed by atoms with Crippen LogP contribution in [0.15, 0.2) is 0 Å². The molecule has 0 rings (SSSR count). The molecule has 0 radical (unpaired) electrons. The molecule has 0 aliphatic carbocycles. The highest BCUT2D eigenvalue weighted by atomic mass is 31.2. The molecule has 0 spiro atoms. The molecular weight excluding hydrogens is 1320 g/mol. The first-order chi connectivity index (χ1) is 48.9. The molecule has 101 heavy (non-hydrogen) atoms. The maximum absolute atomic E-state index is 13.1. The lowest BCUT2D eigenvalue weighted by Gasteiger charge is -2.21. The zero-order valence-electron chi connectivity index (χ0n) is 66.2. The van der Waals surface area contributed by atoms with Gasteiger partial charge in [0, 0.05) is 25.7 Å². The maximum atomic E-state index is 13.1. The lowest BCUT2D eigenvalue weighted by molar-refractivity contribution is -0.161. The molecule has 3 unspecified atom stereocenters. The quantitative estimate of drug-likeness (QED) is 0.0222. The Labute approximate surface area is 619 Å². The fourth-order valence-electron chi connectivity index (χ4n) is 12.7. The highest BCUT2D eigenvalue weighted by molar-refractivity contribution is 7.47. The first kappa shape index (κ1) is 99.1. The predicted octanol–water partition coefficient (Wildman–Crippen LogP) is 24.7. The number of phosphoric acid groups is 2. The normalized spacial score (nSPS) is 14.2. The molecule has 19 heteroatoms. The number of esters is 4. The summed E-state index contributed by atoms with van der Waals surface area (Å²) >= 11 is 0. The second kappa shape index (κ2) is 73.6. The summed E-state index contributed by atoms with van der Waals surface area (Å²) < 4.78 is 68.6. The number of aliphatic hydroxyl groups is 1. The SMILES string of the molecule is CCCCCCCCCCCCCCCCCCCCCC(=O)OC[C@H](COP(=O)(O)OC[C@@H](O)COP(=O)(O)OC[C@@H](COC(=O)CCCCCCCCCCC)OC(=O)CCCCCCCCCCC(C)C)OC(=O)CCCCCCCCCCCCCCCCCCCCC(C)CC. The predicted molar refractivity (Wildman–Crippen MR) is 414 cm³/mol. The summed E-state index contributed by atoms with van der Waals surface area (Å²) in [6, 6.07) is 0. The van der Waals surface area contributed by atoms with E-state index in [1.54, 1.807) is 0 Å². The number of phosphoric ester groups is 2. The molecule has 0 saturated heterocycles. The van der Waals surface area contributed by atoms with E-state index in [1.165, 1.54) is 250 Å². The molecule has 0 amide bonds. The molecule has 0 aromatic heterocycles. The van der Waals surface area contributed by atoms with Gasteiger partial charge in [-0.2, -0.15) is 0 Å². The molecule has 0 heterocycles. The summed E-state index contributed by atoms with van der Waals surface area (Å²) in [4.78, 5) is 72.9. The van der Waals surface area contributed by atoms with Gasteiger partial charge in [0.15, 0.2) is 12.2 Å². The minimum Gasteiger partial charge on any atom is -0.462 e. The molecule has 17 nitrogen and oxygen atoms in total. The van der Waals surface area contributed by atoms with Gasteiger partial charge in [0.2, 0.25) is 0 Å². The van der Waals surface area contributed by atoms with E-state index in [9.17, 15) is 43.2 Å². The van der Waals surface area contributed by atoms with Crippen LogP contribution in [0.2, 0.25) is 0 Å². The zero-order valence-corrected chi connectivity index (χ0v) is 68.0. The molecule has 0 aromatic carbocycles. The van der Waals surface area contributed by atoms with E-state index in [0.717, 1.165) is 102 Å². The number of aliphatic hydroxyl groups excluding tert-OH is 1. The molecule has 0 bridgehead atoms. The van der Waals surface area contributed by atoms with E-state index in [0.29, 0.717) is 25.7 Å². The minimum atomic E-state index is -4.96. The standard InChI is InChI=1S/C82H160O17P2/c1-7-10-12-14-16-18-19-20-21-22-23-27-30-33-36-40-47-53-59-65-80(85)93-71-77(98-81(86)66-60-54-48-41-37-34-31-28-25-24-26-29-32-35-39-45-51-57-63-75(6)9-3)72-96-100(88,89)94-68-76(83)69-95-101(90,91)97-73-78(70-92-79(84)64-58-52-46-38-17-15-13-11-8-2)99-82(87)67-61-55-49-43-42-44-50-56-62-74(4)5/h74-78,83H,7-73H2,1-6H3,(H,88,89)(H,90,91)/t75?,76-,77-,78-/m1/s1.